The normalized spacial score (nSPS) is 13.5. The van der Waals surface area contributed by atoms with Crippen molar-refractivity contribution in [3.8, 4) is 0 Å². The average Bonchev–Trinajstić information content (AvgIpc) is 0.823. The zero-order chi connectivity index (χ0) is 82.1. The summed E-state index contributed by atoms with van der Waals surface area (Å²) in [6, 6.07) is 0. The first kappa shape index (κ1) is 119. The summed E-state index contributed by atoms with van der Waals surface area (Å²) < 4.78 is 1.89. The fourth-order valence-corrected chi connectivity index (χ4v) is 17.1. The second-order valence-electron chi connectivity index (χ2n) is 46.5. The van der Waals surface area contributed by atoms with E-state index in [0.29, 0.717) is 79.9 Å². The van der Waals surface area contributed by atoms with E-state index in [0.717, 1.165) is 48.7 Å². The third-order valence-corrected chi connectivity index (χ3v) is 29.4. The van der Waals surface area contributed by atoms with Crippen molar-refractivity contribution in [3.63, 3.8) is 0 Å². The van der Waals surface area contributed by atoms with Crippen LogP contribution >= 0.6 is 102 Å². The topological polar surface area (TPSA) is 0 Å². The van der Waals surface area contributed by atoms with E-state index in [9.17, 15) is 0 Å². The van der Waals surface area contributed by atoms with Crippen molar-refractivity contribution >= 4 is 107 Å². The molecule has 0 bridgehead atoms. The molecule has 0 atom stereocenters. The number of allylic oxidation sites excluding steroid dienone is 2. The predicted molar refractivity (Wildman–Crippen MR) is 512 cm³/mol. The molecule has 0 aliphatic carbocycles. The van der Waals surface area contributed by atoms with Gasteiger partial charge in [-0.1, -0.05) is 444 Å². The highest BCUT2D eigenvalue weighted by Gasteiger charge is 2.38. The van der Waals surface area contributed by atoms with E-state index < -0.39 is 0 Å². The van der Waals surface area contributed by atoms with Crippen molar-refractivity contribution in [2.75, 3.05) is 51.8 Å². The van der Waals surface area contributed by atoms with Crippen molar-refractivity contribution in [2.45, 2.75) is 401 Å². The van der Waals surface area contributed by atoms with Gasteiger partial charge in [0.05, 0.1) is 0 Å². The van der Waals surface area contributed by atoms with Crippen molar-refractivity contribution in [1.29, 1.82) is 0 Å². The second-order valence-corrected chi connectivity index (χ2v) is 58.2. The number of hydrogen-bond acceptors (Lipinski definition) is 9. The first-order valence-electron chi connectivity index (χ1n) is 38.4. The summed E-state index contributed by atoms with van der Waals surface area (Å²) >= 11 is 13.2. The highest BCUT2D eigenvalue weighted by Crippen LogP contribution is 2.49. The van der Waals surface area contributed by atoms with E-state index in [2.05, 4.69) is 359 Å². The van der Waals surface area contributed by atoms with E-state index in [4.69, 9.17) is 12.2 Å². The molecular formula is C92H190S9. The first-order chi connectivity index (χ1) is 43.2. The van der Waals surface area contributed by atoms with Crippen LogP contribution in [0, 0.1) is 81.2 Å². The molecule has 0 nitrogen and oxygen atoms in total. The van der Waals surface area contributed by atoms with Crippen LogP contribution in [0.2, 0.25) is 0 Å². The molecule has 0 unspecified atom stereocenters. The van der Waals surface area contributed by atoms with Gasteiger partial charge in [0.2, 0.25) is 0 Å². The van der Waals surface area contributed by atoms with Crippen LogP contribution in [0.5, 0.6) is 0 Å². The van der Waals surface area contributed by atoms with Crippen LogP contribution in [0.15, 0.2) is 48.6 Å². The molecule has 0 aliphatic heterocycles. The lowest BCUT2D eigenvalue weighted by Gasteiger charge is -2.43. The molecule has 0 aromatic carbocycles. The fourth-order valence-electron chi connectivity index (χ4n) is 6.47. The molecule has 0 aromatic heterocycles. The molecule has 0 fully saturated rings. The summed E-state index contributed by atoms with van der Waals surface area (Å²) in [5.41, 5.74) is 11.1. The maximum Gasteiger partial charge on any atom is 0.0478 e. The molecule has 0 amide bonds. The van der Waals surface area contributed by atoms with Gasteiger partial charge in [0.25, 0.3) is 0 Å². The summed E-state index contributed by atoms with van der Waals surface area (Å²) in [4.78, 5) is 0. The van der Waals surface area contributed by atoms with Crippen LogP contribution in [0.1, 0.15) is 391 Å². The van der Waals surface area contributed by atoms with Crippen LogP contribution in [0.25, 0.3) is 0 Å². The monoisotopic (exact) mass is 1580 g/mol. The van der Waals surface area contributed by atoms with Crippen molar-refractivity contribution in [3.05, 3.63) is 48.6 Å². The Morgan fingerprint density at radius 1 is 0.287 bits per heavy atom. The highest BCUT2D eigenvalue weighted by molar-refractivity contribution is 8.77. The number of rotatable bonds is 25. The fraction of sp³-hybridized carbons (Fsp3) is 0.902. The Balaban J connectivity index is -0.000000167. The van der Waals surface area contributed by atoms with Crippen molar-refractivity contribution in [2.24, 2.45) is 81.2 Å². The highest BCUT2D eigenvalue weighted by atomic mass is 33.1. The average molecular weight is 1590 g/mol. The molecule has 0 heterocycles. The summed E-state index contributed by atoms with van der Waals surface area (Å²) in [5.74, 6) is 10.7. The molecular weight excluding hydrogens is 1390 g/mol. The zero-order valence-electron chi connectivity index (χ0n) is 77.5. The van der Waals surface area contributed by atoms with Crippen LogP contribution in [-0.4, -0.2) is 65.5 Å². The van der Waals surface area contributed by atoms with E-state index in [-0.39, 0.29) is 18.3 Å². The number of thiocarbonyl (C=S) groups is 1. The Morgan fingerprint density at radius 3 is 0.792 bits per heavy atom. The van der Waals surface area contributed by atoms with Crippen LogP contribution < -0.4 is 0 Å². The molecule has 0 aliphatic rings. The Kier molecular flexibility index (Phi) is 58.8. The molecule has 0 spiro atoms. The third-order valence-electron chi connectivity index (χ3n) is 17.7. The second kappa shape index (κ2) is 50.1. The lowest BCUT2D eigenvalue weighted by molar-refractivity contribution is 0.108. The largest absolute Gasteiger partial charge is 0.158 e. The SMILES string of the molecule is C.C=C(CC(C)(C)C(C)(C)C)C(C)(C)C.C=C(CC(C)(C)C(C)(C)C)CC(C)(C)C(C)(C)C.C=C(CSC(C)(C)C)CSC(C)(C)C.C=C(CSCCC(C)(C)C)C(C)(C)C.CC(C)(C)CCC(=S)SCC(C)(C)C.CC(C)(C)CCSSCCC(C)(C)C.CC(C)(C)CSSCC(C)(C)C. The van der Waals surface area contributed by atoms with Gasteiger partial charge in [0.15, 0.2) is 0 Å². The van der Waals surface area contributed by atoms with E-state index in [1.807, 2.05) is 90.2 Å². The minimum absolute atomic E-state index is 0. The van der Waals surface area contributed by atoms with Gasteiger partial charge >= 0.3 is 0 Å². The lowest BCUT2D eigenvalue weighted by atomic mass is 9.62. The van der Waals surface area contributed by atoms with Gasteiger partial charge in [0, 0.05) is 59.7 Å². The molecule has 101 heavy (non-hydrogen) atoms. The minimum Gasteiger partial charge on any atom is -0.158 e. The molecule has 0 saturated carbocycles. The van der Waals surface area contributed by atoms with Gasteiger partial charge in [0.1, 0.15) is 0 Å². The molecule has 9 heteroatoms. The standard InChI is InChI=1S/C18H36.C14H28.C13H26S.C12H24S2.C12H26S2.C12H24S2.C10H22S2.CH4/c1-14(12-17(8,9)15(2,3)4)13-18(10,11)16(5,6)7;1-11(12(2,3)4)10-14(8,9)13(5,6)7;1-11(13(5,6)7)10-14-9-8-12(2,3)4;1-10(8-13-11(2,3)4)9-14-12(5,6)7;1-11(2,3)7-9-13-14-10-8-12(4,5)6;1-11(2,3)8-7-10(13)14-9-12(4,5)6;1-9(2,3)7-11-12-8-10(4,5)6;/h1,12-13H2,2-11H3;1,10H2,2-9H3;1,8-10H2,2-7H3;1,8-9H2,2-7H3;7-10H2,1-6H3;7-9H2,1-6H3;7-8H2,1-6H3;1H4. The predicted octanol–water partition coefficient (Wildman–Crippen LogP) is 36.1. The first-order valence-corrected chi connectivity index (χ1v) is 47.9. The molecule has 612 valence electrons. The summed E-state index contributed by atoms with van der Waals surface area (Å²) in [6.07, 6.45) is 9.56. The Hall–Kier alpha value is 1.85. The number of hydrogen-bond donors (Lipinski definition) is 0. The molecule has 0 radical (unpaired) electrons. The van der Waals surface area contributed by atoms with Crippen LogP contribution in [0.4, 0.5) is 0 Å². The molecule has 0 aromatic rings. The van der Waals surface area contributed by atoms with Crippen molar-refractivity contribution < 1.29 is 0 Å². The molecule has 0 N–H and O–H groups in total. The summed E-state index contributed by atoms with van der Waals surface area (Å²) in [7, 11) is 8.08. The smallest absolute Gasteiger partial charge is 0.0478 e. The van der Waals surface area contributed by atoms with Gasteiger partial charge in [-0.2, -0.15) is 35.3 Å². The summed E-state index contributed by atoms with van der Waals surface area (Å²) in [6.45, 7) is 127. The minimum atomic E-state index is 0. The number of thioether (sulfide) groups is 4. The van der Waals surface area contributed by atoms with Gasteiger partial charge in [-0.15, -0.1) is 11.8 Å². The van der Waals surface area contributed by atoms with Gasteiger partial charge in [-0.05, 0) is 138 Å². The van der Waals surface area contributed by atoms with E-state index in [1.165, 1.54) is 80.9 Å². The third kappa shape index (κ3) is 87.3. The Bertz CT molecular complexity index is 2020. The van der Waals surface area contributed by atoms with Gasteiger partial charge < -0.3 is 0 Å². The summed E-state index contributed by atoms with van der Waals surface area (Å²) in [5, 5.41) is 0. The van der Waals surface area contributed by atoms with Gasteiger partial charge in [-0.25, -0.2) is 0 Å². The van der Waals surface area contributed by atoms with Gasteiger partial charge in [-0.3, -0.25) is 0 Å². The quantitative estimate of drug-likeness (QED) is 0.0376. The van der Waals surface area contributed by atoms with E-state index in [1.54, 1.807) is 0 Å². The Labute approximate surface area is 682 Å². The Morgan fingerprint density at radius 2 is 0.554 bits per heavy atom. The molecule has 0 rings (SSSR count). The molecule has 0 saturated heterocycles. The lowest BCUT2D eigenvalue weighted by Crippen LogP contribution is -2.33. The maximum atomic E-state index is 5.35. The van der Waals surface area contributed by atoms with Crippen LogP contribution in [-0.2, 0) is 0 Å². The van der Waals surface area contributed by atoms with E-state index >= 15 is 0 Å². The zero-order valence-corrected chi connectivity index (χ0v) is 84.9. The maximum absolute atomic E-state index is 5.35. The van der Waals surface area contributed by atoms with Crippen molar-refractivity contribution in [1.82, 2.24) is 0 Å². The van der Waals surface area contributed by atoms with Crippen LogP contribution in [0.3, 0.4) is 0 Å².